The van der Waals surface area contributed by atoms with Crippen LogP contribution in [-0.4, -0.2) is 41.8 Å². The highest BCUT2D eigenvalue weighted by atomic mass is 35.5. The second-order valence-corrected chi connectivity index (χ2v) is 9.54. The number of hydrogen-bond donors (Lipinski definition) is 1. The Hall–Kier alpha value is -3.53. The first-order valence-electron chi connectivity index (χ1n) is 11.0. The van der Waals surface area contributed by atoms with Gasteiger partial charge in [0.15, 0.2) is 5.82 Å². The number of benzene rings is 1. The number of piperidine rings is 1. The lowest BCUT2D eigenvalue weighted by atomic mass is 9.64. The lowest BCUT2D eigenvalue weighted by Crippen LogP contribution is -2.70. The number of hydrogen-bond acceptors (Lipinski definition) is 6. The number of carbonyl (C=O) groups excluding carboxylic acids is 1. The normalized spacial score (nSPS) is 23.7. The van der Waals surface area contributed by atoms with E-state index in [-0.39, 0.29) is 16.8 Å². The molecule has 11 heteroatoms. The Morgan fingerprint density at radius 2 is 2.18 bits per heavy atom. The zero-order valence-electron chi connectivity index (χ0n) is 18.5. The second-order valence-electron chi connectivity index (χ2n) is 9.13. The summed E-state index contributed by atoms with van der Waals surface area (Å²) in [5, 5.41) is 15.5. The van der Waals surface area contributed by atoms with Gasteiger partial charge >= 0.3 is 6.03 Å². The zero-order chi connectivity index (χ0) is 23.6. The van der Waals surface area contributed by atoms with Crippen molar-refractivity contribution in [3.63, 3.8) is 0 Å². The fraction of sp³-hybridized carbons (Fsp3) is 0.348. The number of anilines is 1. The summed E-state index contributed by atoms with van der Waals surface area (Å²) in [6, 6.07) is 5.93. The van der Waals surface area contributed by atoms with E-state index in [0.717, 1.165) is 24.4 Å². The molecule has 1 saturated heterocycles. The maximum atomic E-state index is 14.9. The van der Waals surface area contributed by atoms with Crippen LogP contribution in [0.2, 0.25) is 5.02 Å². The number of rotatable bonds is 3. The Morgan fingerprint density at radius 3 is 2.97 bits per heavy atom. The van der Waals surface area contributed by atoms with E-state index in [4.69, 9.17) is 16.0 Å². The monoisotopic (exact) mass is 481 g/mol. The van der Waals surface area contributed by atoms with Gasteiger partial charge in [0.05, 0.1) is 22.4 Å². The van der Waals surface area contributed by atoms with Gasteiger partial charge in [-0.2, -0.15) is 0 Å². The van der Waals surface area contributed by atoms with E-state index in [1.807, 2.05) is 12.1 Å². The van der Waals surface area contributed by atoms with Crippen LogP contribution in [0.4, 0.5) is 14.9 Å². The van der Waals surface area contributed by atoms with E-state index in [1.54, 1.807) is 28.7 Å². The molecule has 4 heterocycles. The zero-order valence-corrected chi connectivity index (χ0v) is 19.3. The molecule has 1 aromatic carbocycles. The molecular formula is C23H21ClFN7O2. The third kappa shape index (κ3) is 3.16. The van der Waals surface area contributed by atoms with E-state index in [9.17, 15) is 9.18 Å². The summed E-state index contributed by atoms with van der Waals surface area (Å²) in [6.07, 6.45) is 5.74. The minimum atomic E-state index is -0.679. The Bertz CT molecular complexity index is 1440. The quantitative estimate of drug-likeness (QED) is 0.450. The Labute approximate surface area is 198 Å². The summed E-state index contributed by atoms with van der Waals surface area (Å²) in [5.74, 6) is 0.935. The largest absolute Gasteiger partial charge is 0.423 e. The lowest BCUT2D eigenvalue weighted by molar-refractivity contribution is -0.110. The predicted octanol–water partition coefficient (Wildman–Crippen LogP) is 4.81. The Kier molecular flexibility index (Phi) is 4.63. The number of nitrogens with zero attached hydrogens (tertiary/aromatic N) is 6. The third-order valence-corrected chi connectivity index (χ3v) is 7.04. The van der Waals surface area contributed by atoms with Crippen LogP contribution in [0.25, 0.3) is 16.9 Å². The smallest absolute Gasteiger partial charge is 0.323 e. The van der Waals surface area contributed by atoms with Crippen LogP contribution < -0.4 is 5.32 Å². The molecule has 34 heavy (non-hydrogen) atoms. The number of fused-ring (bicyclic) bond motifs is 3. The number of likely N-dealkylation sites (tertiary alicyclic amines) is 1. The molecule has 2 fully saturated rings. The first-order valence-corrected chi connectivity index (χ1v) is 11.4. The molecule has 0 spiro atoms. The van der Waals surface area contributed by atoms with Gasteiger partial charge in [-0.15, -0.1) is 15.3 Å². The highest BCUT2D eigenvalue weighted by Gasteiger charge is 2.62. The number of carbonyl (C=O) groups is 1. The SMILES string of the molecule is Cc1nnc([C@@]23C[C@@H](C)C[C@@H](C2)N3C(=O)Nc2cc(-c3ncc4cccn4n3)c(Cl)cc2F)o1. The molecule has 3 aromatic heterocycles. The number of halogens is 2. The van der Waals surface area contributed by atoms with E-state index in [1.165, 1.54) is 6.07 Å². The molecule has 1 aliphatic carbocycles. The van der Waals surface area contributed by atoms with Crippen molar-refractivity contribution >= 4 is 28.8 Å². The molecule has 3 atom stereocenters. The highest BCUT2D eigenvalue weighted by molar-refractivity contribution is 6.33. The van der Waals surface area contributed by atoms with E-state index in [2.05, 4.69) is 32.5 Å². The molecule has 0 radical (unpaired) electrons. The molecule has 1 saturated carbocycles. The van der Waals surface area contributed by atoms with Gasteiger partial charge in [-0.3, -0.25) is 0 Å². The molecule has 174 valence electrons. The van der Waals surface area contributed by atoms with Gasteiger partial charge in [-0.25, -0.2) is 18.7 Å². The van der Waals surface area contributed by atoms with Crippen LogP contribution in [0.1, 0.15) is 38.0 Å². The first kappa shape index (κ1) is 21.0. The minimum absolute atomic E-state index is 0.00418. The molecule has 2 aliphatic rings. The maximum absolute atomic E-state index is 14.9. The standard InChI is InChI=1S/C23H21ClFN7O2/c1-12-6-15-10-23(9-12,21-29-28-13(2)34-21)32(15)22(33)27-19-7-16(17(24)8-18(19)25)20-26-11-14-4-3-5-31(14)30-20/h3-5,7-8,11-12,15H,6,9-10H2,1-2H3,(H,27,33)/t12-,15-,23+/m0/s1. The lowest BCUT2D eigenvalue weighted by Gasteiger charge is -2.61. The van der Waals surface area contributed by atoms with Crippen LogP contribution in [0, 0.1) is 18.7 Å². The van der Waals surface area contributed by atoms with Gasteiger partial charge in [0.2, 0.25) is 11.8 Å². The van der Waals surface area contributed by atoms with Gasteiger partial charge in [0.1, 0.15) is 11.4 Å². The van der Waals surface area contributed by atoms with Gasteiger partial charge in [-0.05, 0) is 43.0 Å². The van der Waals surface area contributed by atoms with Crippen molar-refractivity contribution in [3.8, 4) is 11.4 Å². The molecular weight excluding hydrogens is 461 g/mol. The van der Waals surface area contributed by atoms with E-state index >= 15 is 0 Å². The van der Waals surface area contributed by atoms with Crippen molar-refractivity contribution in [1.82, 2.24) is 29.7 Å². The van der Waals surface area contributed by atoms with Crippen molar-refractivity contribution in [1.29, 1.82) is 0 Å². The molecule has 1 aliphatic heterocycles. The summed E-state index contributed by atoms with van der Waals surface area (Å²) in [7, 11) is 0. The summed E-state index contributed by atoms with van der Waals surface area (Å²) in [6.45, 7) is 3.86. The summed E-state index contributed by atoms with van der Waals surface area (Å²) < 4.78 is 22.2. The molecule has 2 bridgehead atoms. The van der Waals surface area contributed by atoms with Crippen molar-refractivity contribution in [2.24, 2.45) is 5.92 Å². The first-order chi connectivity index (χ1) is 16.3. The predicted molar refractivity (Wildman–Crippen MR) is 122 cm³/mol. The van der Waals surface area contributed by atoms with Crippen LogP contribution >= 0.6 is 11.6 Å². The van der Waals surface area contributed by atoms with Crippen LogP contribution in [0.5, 0.6) is 0 Å². The maximum Gasteiger partial charge on any atom is 0.323 e. The number of amides is 2. The third-order valence-electron chi connectivity index (χ3n) is 6.72. The molecule has 0 unspecified atom stereocenters. The van der Waals surface area contributed by atoms with Crippen molar-refractivity contribution < 1.29 is 13.6 Å². The van der Waals surface area contributed by atoms with Crippen molar-refractivity contribution in [2.75, 3.05) is 5.32 Å². The average molecular weight is 482 g/mol. The van der Waals surface area contributed by atoms with E-state index < -0.39 is 17.4 Å². The van der Waals surface area contributed by atoms with E-state index in [0.29, 0.717) is 35.5 Å². The van der Waals surface area contributed by atoms with Crippen molar-refractivity contribution in [3.05, 3.63) is 59.3 Å². The summed E-state index contributed by atoms with van der Waals surface area (Å²) in [5.41, 5.74) is 0.543. The Morgan fingerprint density at radius 1 is 1.32 bits per heavy atom. The van der Waals surface area contributed by atoms with Crippen molar-refractivity contribution in [2.45, 2.75) is 44.7 Å². The fourth-order valence-corrected chi connectivity index (χ4v) is 5.62. The summed E-state index contributed by atoms with van der Waals surface area (Å²) >= 11 is 6.32. The topological polar surface area (TPSA) is 101 Å². The number of urea groups is 1. The average Bonchev–Trinajstić information content (AvgIpc) is 3.43. The van der Waals surface area contributed by atoms with Gasteiger partial charge in [0.25, 0.3) is 0 Å². The molecule has 2 amide bonds. The second kappa shape index (κ2) is 7.49. The molecule has 6 rings (SSSR count). The number of nitrogens with one attached hydrogen (secondary N) is 1. The van der Waals surface area contributed by atoms with Crippen LogP contribution in [0.3, 0.4) is 0 Å². The summed E-state index contributed by atoms with van der Waals surface area (Å²) in [4.78, 5) is 19.5. The van der Waals surface area contributed by atoms with Crippen LogP contribution in [0.15, 0.2) is 41.1 Å². The van der Waals surface area contributed by atoms with Gasteiger partial charge in [-0.1, -0.05) is 18.5 Å². The molecule has 9 nitrogen and oxygen atoms in total. The van der Waals surface area contributed by atoms with Gasteiger partial charge in [0, 0.05) is 31.1 Å². The van der Waals surface area contributed by atoms with Gasteiger partial charge < -0.3 is 14.6 Å². The number of aryl methyl sites for hydroxylation is 1. The minimum Gasteiger partial charge on any atom is -0.423 e. The molecule has 4 aromatic rings. The Balaban J connectivity index is 1.33. The fourth-order valence-electron chi connectivity index (χ4n) is 5.38. The molecule has 1 N–H and O–H groups in total. The van der Waals surface area contributed by atoms with Crippen LogP contribution in [-0.2, 0) is 5.54 Å². The number of aromatic nitrogens is 5. The highest BCUT2D eigenvalue weighted by Crippen LogP contribution is 2.55.